The van der Waals surface area contributed by atoms with Crippen LogP contribution in [0.5, 0.6) is 0 Å². The number of rotatable bonds is 4. The van der Waals surface area contributed by atoms with E-state index in [4.69, 9.17) is 0 Å². The van der Waals surface area contributed by atoms with Crippen molar-refractivity contribution in [1.82, 2.24) is 20.3 Å². The Labute approximate surface area is 114 Å². The van der Waals surface area contributed by atoms with Crippen molar-refractivity contribution < 1.29 is 13.2 Å². The number of alkyl halides is 3. The van der Waals surface area contributed by atoms with Crippen LogP contribution in [0.25, 0.3) is 5.69 Å². The van der Waals surface area contributed by atoms with E-state index in [0.29, 0.717) is 18.3 Å². The van der Waals surface area contributed by atoms with Gasteiger partial charge in [0.25, 0.3) is 0 Å². The first-order valence-corrected chi connectivity index (χ1v) is 6.18. The quantitative estimate of drug-likeness (QED) is 0.938. The van der Waals surface area contributed by atoms with Gasteiger partial charge >= 0.3 is 6.18 Å². The van der Waals surface area contributed by atoms with Crippen LogP contribution in [0.15, 0.2) is 30.5 Å². The van der Waals surface area contributed by atoms with Gasteiger partial charge in [-0.25, -0.2) is 4.68 Å². The van der Waals surface area contributed by atoms with Crippen molar-refractivity contribution in [3.63, 3.8) is 0 Å². The van der Waals surface area contributed by atoms with Crippen molar-refractivity contribution in [1.29, 1.82) is 0 Å². The minimum atomic E-state index is -4.33. The monoisotopic (exact) mass is 284 g/mol. The van der Waals surface area contributed by atoms with E-state index in [9.17, 15) is 13.2 Å². The molecule has 0 unspecified atom stereocenters. The van der Waals surface area contributed by atoms with Crippen LogP contribution >= 0.6 is 0 Å². The maximum Gasteiger partial charge on any atom is 0.416 e. The minimum Gasteiger partial charge on any atom is -0.309 e. The summed E-state index contributed by atoms with van der Waals surface area (Å²) in [6.45, 7) is 4.56. The summed E-state index contributed by atoms with van der Waals surface area (Å²) in [5.41, 5.74) is 0.665. The van der Waals surface area contributed by atoms with Gasteiger partial charge in [-0.05, 0) is 24.3 Å². The first kappa shape index (κ1) is 14.5. The summed E-state index contributed by atoms with van der Waals surface area (Å²) in [4.78, 5) is 0. The summed E-state index contributed by atoms with van der Waals surface area (Å²) in [6, 6.07) is 5.14. The maximum absolute atomic E-state index is 12.5. The molecular formula is C13H15F3N4. The number of nitrogens with zero attached hydrogens (tertiary/aromatic N) is 3. The van der Waals surface area contributed by atoms with Crippen molar-refractivity contribution in [2.75, 3.05) is 0 Å². The normalized spacial score (nSPS) is 12.1. The third-order valence-electron chi connectivity index (χ3n) is 2.75. The molecule has 2 rings (SSSR count). The molecule has 0 saturated heterocycles. The second-order valence-electron chi connectivity index (χ2n) is 4.72. The minimum absolute atomic E-state index is 0.297. The number of halogens is 3. The highest BCUT2D eigenvalue weighted by Crippen LogP contribution is 2.29. The Kier molecular flexibility index (Phi) is 4.08. The Morgan fingerprint density at radius 3 is 2.40 bits per heavy atom. The van der Waals surface area contributed by atoms with Gasteiger partial charge in [-0.2, -0.15) is 13.2 Å². The largest absolute Gasteiger partial charge is 0.416 e. The molecule has 1 aromatic carbocycles. The predicted octanol–water partition coefficient (Wildman–Crippen LogP) is 2.78. The maximum atomic E-state index is 12.5. The highest BCUT2D eigenvalue weighted by atomic mass is 19.4. The first-order chi connectivity index (χ1) is 9.38. The molecule has 0 bridgehead atoms. The molecule has 108 valence electrons. The summed E-state index contributed by atoms with van der Waals surface area (Å²) in [5, 5.41) is 10.9. The Hall–Kier alpha value is -1.89. The SMILES string of the molecule is CC(C)NCc1cnnn1-c1ccc(C(F)(F)F)cc1. The number of nitrogens with one attached hydrogen (secondary N) is 1. The molecule has 1 heterocycles. The third kappa shape index (κ3) is 3.36. The van der Waals surface area contributed by atoms with Crippen molar-refractivity contribution in [3.05, 3.63) is 41.7 Å². The van der Waals surface area contributed by atoms with Gasteiger partial charge in [0, 0.05) is 12.6 Å². The van der Waals surface area contributed by atoms with Gasteiger partial charge in [0.15, 0.2) is 0 Å². The van der Waals surface area contributed by atoms with Gasteiger partial charge in [0.1, 0.15) is 0 Å². The lowest BCUT2D eigenvalue weighted by Crippen LogP contribution is -2.23. The highest BCUT2D eigenvalue weighted by molar-refractivity contribution is 5.35. The molecule has 0 amide bonds. The van der Waals surface area contributed by atoms with E-state index in [1.807, 2.05) is 13.8 Å². The molecule has 0 spiro atoms. The fourth-order valence-electron chi connectivity index (χ4n) is 1.69. The van der Waals surface area contributed by atoms with Crippen molar-refractivity contribution in [2.45, 2.75) is 32.6 Å². The average Bonchev–Trinajstić information content (AvgIpc) is 2.83. The molecule has 0 aliphatic heterocycles. The number of hydrogen-bond acceptors (Lipinski definition) is 3. The van der Waals surface area contributed by atoms with Crippen LogP contribution in [0, 0.1) is 0 Å². The topological polar surface area (TPSA) is 42.7 Å². The zero-order valence-corrected chi connectivity index (χ0v) is 11.1. The lowest BCUT2D eigenvalue weighted by Gasteiger charge is -2.11. The third-order valence-corrected chi connectivity index (χ3v) is 2.75. The average molecular weight is 284 g/mol. The van der Waals surface area contributed by atoms with Gasteiger partial charge in [0.2, 0.25) is 0 Å². The Morgan fingerprint density at radius 1 is 1.20 bits per heavy atom. The molecule has 1 aromatic heterocycles. The fourth-order valence-corrected chi connectivity index (χ4v) is 1.69. The van der Waals surface area contributed by atoms with Crippen LogP contribution in [0.1, 0.15) is 25.1 Å². The second-order valence-corrected chi connectivity index (χ2v) is 4.72. The van der Waals surface area contributed by atoms with E-state index in [0.717, 1.165) is 17.8 Å². The van der Waals surface area contributed by atoms with E-state index < -0.39 is 11.7 Å². The van der Waals surface area contributed by atoms with Crippen LogP contribution in [0.3, 0.4) is 0 Å². The predicted molar refractivity (Wildman–Crippen MR) is 68.3 cm³/mol. The van der Waals surface area contributed by atoms with Gasteiger partial charge in [-0.15, -0.1) is 5.10 Å². The van der Waals surface area contributed by atoms with Crippen molar-refractivity contribution in [3.8, 4) is 5.69 Å². The summed E-state index contributed by atoms with van der Waals surface area (Å²) in [6.07, 6.45) is -2.74. The lowest BCUT2D eigenvalue weighted by atomic mass is 10.2. The van der Waals surface area contributed by atoms with Gasteiger partial charge in [-0.1, -0.05) is 19.1 Å². The molecule has 0 atom stereocenters. The number of aromatic nitrogens is 3. The van der Waals surface area contributed by atoms with Crippen LogP contribution in [0.2, 0.25) is 0 Å². The van der Waals surface area contributed by atoms with Gasteiger partial charge in [-0.3, -0.25) is 0 Å². The summed E-state index contributed by atoms with van der Waals surface area (Å²) >= 11 is 0. The Balaban J connectivity index is 2.22. The fraction of sp³-hybridized carbons (Fsp3) is 0.385. The number of benzene rings is 1. The zero-order valence-electron chi connectivity index (χ0n) is 11.1. The molecule has 0 fully saturated rings. The van der Waals surface area contributed by atoms with Crippen LogP contribution in [-0.4, -0.2) is 21.0 Å². The summed E-state index contributed by atoms with van der Waals surface area (Å²) in [7, 11) is 0. The van der Waals surface area contributed by atoms with Gasteiger partial charge in [0.05, 0.1) is 23.1 Å². The Bertz CT molecular complexity index is 558. The van der Waals surface area contributed by atoms with E-state index in [1.165, 1.54) is 16.8 Å². The standard InChI is InChI=1S/C13H15F3N4/c1-9(2)17-7-12-8-18-19-20(12)11-5-3-10(4-6-11)13(14,15)16/h3-6,8-9,17H,7H2,1-2H3. The molecule has 0 aliphatic carbocycles. The molecule has 4 nitrogen and oxygen atoms in total. The van der Waals surface area contributed by atoms with Crippen molar-refractivity contribution in [2.24, 2.45) is 0 Å². The van der Waals surface area contributed by atoms with Crippen LogP contribution < -0.4 is 5.32 Å². The van der Waals surface area contributed by atoms with E-state index in [-0.39, 0.29) is 0 Å². The number of hydrogen-bond donors (Lipinski definition) is 1. The smallest absolute Gasteiger partial charge is 0.309 e. The molecule has 20 heavy (non-hydrogen) atoms. The molecule has 0 aliphatic rings. The molecule has 2 aromatic rings. The molecule has 1 N–H and O–H groups in total. The molecule has 0 saturated carbocycles. The van der Waals surface area contributed by atoms with Crippen LogP contribution in [-0.2, 0) is 12.7 Å². The lowest BCUT2D eigenvalue weighted by molar-refractivity contribution is -0.137. The highest BCUT2D eigenvalue weighted by Gasteiger charge is 2.30. The van der Waals surface area contributed by atoms with Crippen LogP contribution in [0.4, 0.5) is 13.2 Å². The van der Waals surface area contributed by atoms with Gasteiger partial charge < -0.3 is 5.32 Å². The molecule has 7 heteroatoms. The summed E-state index contributed by atoms with van der Waals surface area (Å²) < 4.78 is 39.0. The van der Waals surface area contributed by atoms with E-state index in [2.05, 4.69) is 15.6 Å². The van der Waals surface area contributed by atoms with Crippen molar-refractivity contribution >= 4 is 0 Å². The summed E-state index contributed by atoms with van der Waals surface area (Å²) in [5.74, 6) is 0. The second kappa shape index (κ2) is 5.62. The Morgan fingerprint density at radius 2 is 1.85 bits per heavy atom. The van der Waals surface area contributed by atoms with E-state index >= 15 is 0 Å². The molecular weight excluding hydrogens is 269 g/mol. The zero-order chi connectivity index (χ0) is 14.8. The molecule has 0 radical (unpaired) electrons. The van der Waals surface area contributed by atoms with E-state index in [1.54, 1.807) is 6.20 Å². The first-order valence-electron chi connectivity index (χ1n) is 6.18.